The Morgan fingerprint density at radius 2 is 1.87 bits per heavy atom. The van der Waals surface area contributed by atoms with E-state index in [-0.39, 0.29) is 6.61 Å². The number of nitrogens with zero attached hydrogens (tertiary/aromatic N) is 1. The molecule has 0 saturated carbocycles. The molecule has 0 bridgehead atoms. The zero-order valence-electron chi connectivity index (χ0n) is 18.5. The summed E-state index contributed by atoms with van der Waals surface area (Å²) < 4.78 is 22.2. The number of hydrogen-bond acceptors (Lipinski definition) is 6. The zero-order valence-corrected chi connectivity index (χ0v) is 19.3. The first-order valence-electron chi connectivity index (χ1n) is 10.5. The molecule has 0 unspecified atom stereocenters. The van der Waals surface area contributed by atoms with Crippen LogP contribution in [0.3, 0.4) is 0 Å². The molecule has 1 saturated heterocycles. The maximum Gasteiger partial charge on any atom is 0.161 e. The highest BCUT2D eigenvalue weighted by atomic mass is 35.5. The van der Waals surface area contributed by atoms with Crippen molar-refractivity contribution in [1.82, 2.24) is 4.90 Å². The zero-order chi connectivity index (χ0) is 22.3. The molecule has 3 rings (SSSR count). The molecule has 2 aromatic carbocycles. The third kappa shape index (κ3) is 6.74. The minimum absolute atomic E-state index is 0.209. The van der Waals surface area contributed by atoms with Crippen LogP contribution >= 0.6 is 11.6 Å². The molecule has 1 N–H and O–H groups in total. The lowest BCUT2D eigenvalue weighted by atomic mass is 9.93. The molecule has 1 aliphatic heterocycles. The molecule has 0 spiro atoms. The fourth-order valence-electron chi connectivity index (χ4n) is 3.82. The smallest absolute Gasteiger partial charge is 0.161 e. The fourth-order valence-corrected chi connectivity index (χ4v) is 3.99. The Morgan fingerprint density at radius 1 is 1.03 bits per heavy atom. The predicted octanol–water partition coefficient (Wildman–Crippen LogP) is 4.09. The normalized spacial score (nSPS) is 19.3. The van der Waals surface area contributed by atoms with Crippen LogP contribution in [0.15, 0.2) is 36.4 Å². The minimum Gasteiger partial charge on any atom is -0.493 e. The molecule has 170 valence electrons. The van der Waals surface area contributed by atoms with E-state index < -0.39 is 5.60 Å². The number of benzene rings is 2. The highest BCUT2D eigenvalue weighted by molar-refractivity contribution is 6.32. The second-order valence-corrected chi connectivity index (χ2v) is 8.49. The lowest BCUT2D eigenvalue weighted by Gasteiger charge is -2.39. The average Bonchev–Trinajstić information content (AvgIpc) is 2.75. The fraction of sp³-hybridized carbons (Fsp3) is 0.500. The first-order valence-corrected chi connectivity index (χ1v) is 10.9. The Hall–Kier alpha value is -1.99. The van der Waals surface area contributed by atoms with E-state index in [0.717, 1.165) is 24.1 Å². The van der Waals surface area contributed by atoms with Crippen molar-refractivity contribution in [3.63, 3.8) is 0 Å². The standard InChI is InChI=1S/C24H32ClNO5/c1-18-5-7-20(25)22(13-18)31-17-24(27)9-4-10-26(16-24)15-19-6-8-21(29-3)23(14-19)30-12-11-28-2/h5-8,13-14,27H,4,9-12,15-17H2,1-3H3/t24-/m1/s1. The summed E-state index contributed by atoms with van der Waals surface area (Å²) in [5, 5.41) is 11.7. The maximum atomic E-state index is 11.2. The molecule has 0 aromatic heterocycles. The van der Waals surface area contributed by atoms with Gasteiger partial charge in [0.2, 0.25) is 0 Å². The van der Waals surface area contributed by atoms with Gasteiger partial charge in [-0.05, 0) is 61.7 Å². The lowest BCUT2D eigenvalue weighted by Crippen LogP contribution is -2.51. The number of halogens is 1. The number of likely N-dealkylation sites (tertiary alicyclic amines) is 1. The summed E-state index contributed by atoms with van der Waals surface area (Å²) in [5.74, 6) is 2.00. The van der Waals surface area contributed by atoms with E-state index in [1.165, 1.54) is 0 Å². The van der Waals surface area contributed by atoms with E-state index in [1.807, 2.05) is 43.3 Å². The summed E-state index contributed by atoms with van der Waals surface area (Å²) in [6.45, 7) is 5.32. The number of ether oxygens (including phenoxy) is 4. The predicted molar refractivity (Wildman–Crippen MR) is 122 cm³/mol. The van der Waals surface area contributed by atoms with Crippen LogP contribution in [-0.4, -0.2) is 62.7 Å². The second-order valence-electron chi connectivity index (χ2n) is 8.09. The van der Waals surface area contributed by atoms with E-state index >= 15 is 0 Å². The van der Waals surface area contributed by atoms with Gasteiger partial charge in [-0.25, -0.2) is 0 Å². The highest BCUT2D eigenvalue weighted by Gasteiger charge is 2.34. The van der Waals surface area contributed by atoms with Crippen LogP contribution in [0.25, 0.3) is 0 Å². The molecule has 0 aliphatic carbocycles. The van der Waals surface area contributed by atoms with Gasteiger partial charge in [0.25, 0.3) is 0 Å². The van der Waals surface area contributed by atoms with Gasteiger partial charge in [0, 0.05) is 20.2 Å². The van der Waals surface area contributed by atoms with Gasteiger partial charge in [-0.2, -0.15) is 0 Å². The molecule has 0 amide bonds. The number of aryl methyl sites for hydroxylation is 1. The van der Waals surface area contributed by atoms with Crippen molar-refractivity contribution < 1.29 is 24.1 Å². The average molecular weight is 450 g/mol. The van der Waals surface area contributed by atoms with Gasteiger partial charge in [0.15, 0.2) is 11.5 Å². The molecule has 6 nitrogen and oxygen atoms in total. The van der Waals surface area contributed by atoms with Crippen molar-refractivity contribution in [1.29, 1.82) is 0 Å². The molecule has 1 fully saturated rings. The van der Waals surface area contributed by atoms with Crippen molar-refractivity contribution in [3.05, 3.63) is 52.5 Å². The number of hydrogen-bond donors (Lipinski definition) is 1. The first-order chi connectivity index (χ1) is 14.9. The summed E-state index contributed by atoms with van der Waals surface area (Å²) in [7, 11) is 3.27. The molecule has 7 heteroatoms. The van der Waals surface area contributed by atoms with Crippen molar-refractivity contribution in [2.45, 2.75) is 31.9 Å². The van der Waals surface area contributed by atoms with Gasteiger partial charge < -0.3 is 24.1 Å². The van der Waals surface area contributed by atoms with Gasteiger partial charge in [-0.1, -0.05) is 23.7 Å². The van der Waals surface area contributed by atoms with Gasteiger partial charge in [0.05, 0.1) is 18.7 Å². The van der Waals surface area contributed by atoms with Crippen LogP contribution in [0.5, 0.6) is 17.2 Å². The van der Waals surface area contributed by atoms with Crippen LogP contribution < -0.4 is 14.2 Å². The molecule has 1 heterocycles. The van der Waals surface area contributed by atoms with Gasteiger partial charge >= 0.3 is 0 Å². The lowest BCUT2D eigenvalue weighted by molar-refractivity contribution is -0.0621. The molecule has 31 heavy (non-hydrogen) atoms. The molecule has 0 radical (unpaired) electrons. The van der Waals surface area contributed by atoms with E-state index in [1.54, 1.807) is 14.2 Å². The maximum absolute atomic E-state index is 11.2. The number of rotatable bonds is 10. The summed E-state index contributed by atoms with van der Waals surface area (Å²) in [4.78, 5) is 2.24. The topological polar surface area (TPSA) is 60.4 Å². The van der Waals surface area contributed by atoms with Crippen molar-refractivity contribution in [2.24, 2.45) is 0 Å². The number of β-amino-alcohol motifs (C(OH)–C–C–N with tert-alkyl or cyclic N) is 1. The van der Waals surface area contributed by atoms with Crippen molar-refractivity contribution in [2.75, 3.05) is 47.1 Å². The van der Waals surface area contributed by atoms with E-state index in [2.05, 4.69) is 4.90 Å². The number of aliphatic hydroxyl groups is 1. The van der Waals surface area contributed by atoms with Crippen LogP contribution in [-0.2, 0) is 11.3 Å². The Labute approximate surface area is 189 Å². The highest BCUT2D eigenvalue weighted by Crippen LogP contribution is 2.31. The molecular weight excluding hydrogens is 418 g/mol. The first kappa shape index (κ1) is 23.7. The Balaban J connectivity index is 1.62. The monoisotopic (exact) mass is 449 g/mol. The van der Waals surface area contributed by atoms with Crippen LogP contribution in [0.2, 0.25) is 5.02 Å². The molecular formula is C24H32ClNO5. The van der Waals surface area contributed by atoms with Crippen molar-refractivity contribution in [3.8, 4) is 17.2 Å². The van der Waals surface area contributed by atoms with E-state index in [9.17, 15) is 5.11 Å². The SMILES string of the molecule is COCCOc1cc(CN2CCC[C@](O)(COc3cc(C)ccc3Cl)C2)ccc1OC. The molecule has 1 atom stereocenters. The summed E-state index contributed by atoms with van der Waals surface area (Å²) in [6, 6.07) is 11.6. The Kier molecular flexibility index (Phi) is 8.43. The second kappa shape index (κ2) is 11.0. The van der Waals surface area contributed by atoms with Gasteiger partial charge in [-0.15, -0.1) is 0 Å². The van der Waals surface area contributed by atoms with Crippen LogP contribution in [0.4, 0.5) is 0 Å². The quantitative estimate of drug-likeness (QED) is 0.551. The van der Waals surface area contributed by atoms with Gasteiger partial charge in [-0.3, -0.25) is 4.90 Å². The van der Waals surface area contributed by atoms with Crippen LogP contribution in [0, 0.1) is 6.92 Å². The largest absolute Gasteiger partial charge is 0.493 e. The number of piperidine rings is 1. The molecule has 2 aromatic rings. The van der Waals surface area contributed by atoms with E-state index in [0.29, 0.717) is 55.0 Å². The Morgan fingerprint density at radius 3 is 2.65 bits per heavy atom. The third-order valence-electron chi connectivity index (χ3n) is 5.40. The van der Waals surface area contributed by atoms with Crippen molar-refractivity contribution >= 4 is 11.6 Å². The number of methoxy groups -OCH3 is 2. The summed E-state index contributed by atoms with van der Waals surface area (Å²) >= 11 is 6.23. The third-order valence-corrected chi connectivity index (χ3v) is 5.71. The minimum atomic E-state index is -0.921. The van der Waals surface area contributed by atoms with Crippen LogP contribution in [0.1, 0.15) is 24.0 Å². The molecule has 1 aliphatic rings. The van der Waals surface area contributed by atoms with E-state index in [4.69, 9.17) is 30.5 Å². The summed E-state index contributed by atoms with van der Waals surface area (Å²) in [5.41, 5.74) is 1.25. The summed E-state index contributed by atoms with van der Waals surface area (Å²) in [6.07, 6.45) is 1.59. The van der Waals surface area contributed by atoms with Gasteiger partial charge in [0.1, 0.15) is 24.6 Å². The Bertz CT molecular complexity index is 862.